The number of carbonyl (C=O) groups is 2. The third-order valence-corrected chi connectivity index (χ3v) is 5.71. The number of hydrogen-bond acceptors (Lipinski definition) is 5. The second kappa shape index (κ2) is 7.61. The van der Waals surface area contributed by atoms with E-state index in [1.807, 2.05) is 17.2 Å². The summed E-state index contributed by atoms with van der Waals surface area (Å²) in [4.78, 5) is 32.5. The number of nitrogens with one attached hydrogen (secondary N) is 1. The number of aromatic nitrogens is 1. The van der Waals surface area contributed by atoms with Crippen LogP contribution in [0.1, 0.15) is 35.2 Å². The number of piperidine rings is 1. The van der Waals surface area contributed by atoms with Crippen LogP contribution in [-0.2, 0) is 11.2 Å². The second-order valence-electron chi connectivity index (χ2n) is 7.48. The quantitative estimate of drug-likeness (QED) is 0.878. The Labute approximate surface area is 153 Å². The molecule has 1 atom stereocenters. The summed E-state index contributed by atoms with van der Waals surface area (Å²) in [5.74, 6) is 0.685. The standard InChI is InChI=1S/C19H26N4O3/c24-18(16-10-15(12-21-13-16)9-14-1-4-20-11-14)22-5-2-17(3-6-22)23-7-8-26-19(23)25/h10,12-14,17,20H,1-9,11H2. The Hall–Kier alpha value is -2.15. The van der Waals surface area contributed by atoms with Crippen molar-refractivity contribution in [2.24, 2.45) is 5.92 Å². The van der Waals surface area contributed by atoms with Crippen molar-refractivity contribution in [1.29, 1.82) is 0 Å². The highest BCUT2D eigenvalue weighted by molar-refractivity contribution is 5.94. The van der Waals surface area contributed by atoms with E-state index in [1.54, 1.807) is 11.1 Å². The average molecular weight is 358 g/mol. The molecule has 3 aliphatic heterocycles. The van der Waals surface area contributed by atoms with Gasteiger partial charge < -0.3 is 19.9 Å². The Kier molecular flexibility index (Phi) is 5.06. The van der Waals surface area contributed by atoms with Gasteiger partial charge in [0, 0.05) is 31.5 Å². The Morgan fingerprint density at radius 2 is 2.08 bits per heavy atom. The molecule has 7 heteroatoms. The fourth-order valence-electron chi connectivity index (χ4n) is 4.24. The molecule has 7 nitrogen and oxygen atoms in total. The largest absolute Gasteiger partial charge is 0.448 e. The fraction of sp³-hybridized carbons (Fsp3) is 0.632. The first-order chi connectivity index (χ1) is 12.7. The molecule has 1 unspecified atom stereocenters. The van der Waals surface area contributed by atoms with Gasteiger partial charge in [0.2, 0.25) is 0 Å². The van der Waals surface area contributed by atoms with Crippen molar-refractivity contribution in [3.63, 3.8) is 0 Å². The minimum atomic E-state index is -0.215. The molecule has 3 saturated heterocycles. The highest BCUT2D eigenvalue weighted by Gasteiger charge is 2.33. The van der Waals surface area contributed by atoms with Crippen molar-refractivity contribution in [3.8, 4) is 0 Å². The first-order valence-electron chi connectivity index (χ1n) is 9.58. The maximum Gasteiger partial charge on any atom is 0.410 e. The van der Waals surface area contributed by atoms with Gasteiger partial charge in [0.15, 0.2) is 0 Å². The zero-order valence-corrected chi connectivity index (χ0v) is 15.0. The number of pyridine rings is 1. The van der Waals surface area contributed by atoms with E-state index in [9.17, 15) is 9.59 Å². The van der Waals surface area contributed by atoms with Gasteiger partial charge in [-0.15, -0.1) is 0 Å². The zero-order valence-electron chi connectivity index (χ0n) is 15.0. The van der Waals surface area contributed by atoms with Gasteiger partial charge in [-0.1, -0.05) is 0 Å². The molecule has 0 aliphatic carbocycles. The molecule has 4 rings (SSSR count). The lowest BCUT2D eigenvalue weighted by Crippen LogP contribution is -2.47. The summed E-state index contributed by atoms with van der Waals surface area (Å²) in [5.41, 5.74) is 1.81. The van der Waals surface area contributed by atoms with Crippen molar-refractivity contribution in [2.45, 2.75) is 31.7 Å². The third kappa shape index (κ3) is 3.67. The highest BCUT2D eigenvalue weighted by Crippen LogP contribution is 2.22. The minimum absolute atomic E-state index is 0.0475. The molecule has 3 aliphatic rings. The van der Waals surface area contributed by atoms with Crippen LogP contribution in [0.4, 0.5) is 4.79 Å². The number of ether oxygens (including phenoxy) is 1. The third-order valence-electron chi connectivity index (χ3n) is 5.71. The Balaban J connectivity index is 1.35. The highest BCUT2D eigenvalue weighted by atomic mass is 16.6. The Bertz CT molecular complexity index is 667. The second-order valence-corrected chi connectivity index (χ2v) is 7.48. The van der Waals surface area contributed by atoms with Crippen molar-refractivity contribution in [1.82, 2.24) is 20.1 Å². The molecule has 1 aromatic heterocycles. The monoisotopic (exact) mass is 358 g/mol. The maximum atomic E-state index is 12.8. The van der Waals surface area contributed by atoms with Crippen LogP contribution in [-0.4, -0.2) is 72.2 Å². The first kappa shape index (κ1) is 17.3. The van der Waals surface area contributed by atoms with E-state index in [0.29, 0.717) is 37.7 Å². The van der Waals surface area contributed by atoms with Gasteiger partial charge in [-0.3, -0.25) is 9.78 Å². The lowest BCUT2D eigenvalue weighted by atomic mass is 9.98. The van der Waals surface area contributed by atoms with Gasteiger partial charge in [0.05, 0.1) is 12.1 Å². The smallest absolute Gasteiger partial charge is 0.410 e. The SMILES string of the molecule is O=C(c1cncc(CC2CCNC2)c1)N1CCC(N2CCOC2=O)CC1. The molecule has 26 heavy (non-hydrogen) atoms. The molecule has 4 heterocycles. The predicted molar refractivity (Wildman–Crippen MR) is 95.9 cm³/mol. The molecular weight excluding hydrogens is 332 g/mol. The topological polar surface area (TPSA) is 74.8 Å². The van der Waals surface area contributed by atoms with Crippen LogP contribution in [0, 0.1) is 5.92 Å². The van der Waals surface area contributed by atoms with Crippen molar-refractivity contribution < 1.29 is 14.3 Å². The number of amides is 2. The lowest BCUT2D eigenvalue weighted by molar-refractivity contribution is 0.0658. The van der Waals surface area contributed by atoms with Gasteiger partial charge in [0.1, 0.15) is 6.61 Å². The number of nitrogens with zero attached hydrogens (tertiary/aromatic N) is 3. The number of carbonyl (C=O) groups excluding carboxylic acids is 2. The Morgan fingerprint density at radius 3 is 2.77 bits per heavy atom. The Morgan fingerprint density at radius 1 is 1.23 bits per heavy atom. The number of cyclic esters (lactones) is 1. The van der Waals surface area contributed by atoms with Crippen molar-refractivity contribution in [3.05, 3.63) is 29.6 Å². The van der Waals surface area contributed by atoms with Crippen LogP contribution in [0.5, 0.6) is 0 Å². The van der Waals surface area contributed by atoms with Gasteiger partial charge in [0.25, 0.3) is 5.91 Å². The van der Waals surface area contributed by atoms with Gasteiger partial charge >= 0.3 is 6.09 Å². The van der Waals surface area contributed by atoms with Crippen molar-refractivity contribution >= 4 is 12.0 Å². The minimum Gasteiger partial charge on any atom is -0.448 e. The average Bonchev–Trinajstić information content (AvgIpc) is 3.33. The van der Waals surface area contributed by atoms with E-state index >= 15 is 0 Å². The summed E-state index contributed by atoms with van der Waals surface area (Å²) in [6.07, 6.45) is 7.10. The van der Waals surface area contributed by atoms with Crippen LogP contribution in [0.25, 0.3) is 0 Å². The predicted octanol–water partition coefficient (Wildman–Crippen LogP) is 1.29. The summed E-state index contributed by atoms with van der Waals surface area (Å²) in [7, 11) is 0. The van der Waals surface area contributed by atoms with Gasteiger partial charge in [-0.25, -0.2) is 4.79 Å². The first-order valence-corrected chi connectivity index (χ1v) is 9.58. The summed E-state index contributed by atoms with van der Waals surface area (Å²) in [6, 6.07) is 2.19. The van der Waals surface area contributed by atoms with Crippen LogP contribution in [0.15, 0.2) is 18.5 Å². The molecule has 0 aromatic carbocycles. The normalized spacial score (nSPS) is 24.2. The fourth-order valence-corrected chi connectivity index (χ4v) is 4.24. The van der Waals surface area contributed by atoms with E-state index in [2.05, 4.69) is 10.3 Å². The number of rotatable bonds is 4. The molecule has 2 amide bonds. The lowest BCUT2D eigenvalue weighted by Gasteiger charge is -2.35. The molecule has 140 valence electrons. The number of likely N-dealkylation sites (tertiary alicyclic amines) is 1. The molecule has 0 radical (unpaired) electrons. The van der Waals surface area contributed by atoms with E-state index in [-0.39, 0.29) is 18.0 Å². The van der Waals surface area contributed by atoms with Gasteiger partial charge in [-0.2, -0.15) is 0 Å². The zero-order chi connectivity index (χ0) is 17.9. The van der Waals surface area contributed by atoms with Gasteiger partial charge in [-0.05, 0) is 56.3 Å². The summed E-state index contributed by atoms with van der Waals surface area (Å²) < 4.78 is 5.02. The van der Waals surface area contributed by atoms with Crippen LogP contribution >= 0.6 is 0 Å². The summed E-state index contributed by atoms with van der Waals surface area (Å²) in [5, 5.41) is 3.38. The maximum absolute atomic E-state index is 12.8. The van der Waals surface area contributed by atoms with E-state index in [0.717, 1.165) is 37.9 Å². The van der Waals surface area contributed by atoms with Crippen LogP contribution in [0.2, 0.25) is 0 Å². The van der Waals surface area contributed by atoms with Crippen LogP contribution < -0.4 is 5.32 Å². The molecule has 3 fully saturated rings. The summed E-state index contributed by atoms with van der Waals surface area (Å²) in [6.45, 7) is 4.61. The molecule has 0 spiro atoms. The molecule has 0 bridgehead atoms. The summed E-state index contributed by atoms with van der Waals surface area (Å²) >= 11 is 0. The molecule has 0 saturated carbocycles. The number of hydrogen-bond donors (Lipinski definition) is 1. The van der Waals surface area contributed by atoms with E-state index < -0.39 is 0 Å². The molecule has 1 N–H and O–H groups in total. The van der Waals surface area contributed by atoms with Crippen LogP contribution in [0.3, 0.4) is 0 Å². The van der Waals surface area contributed by atoms with E-state index in [1.165, 1.54) is 6.42 Å². The van der Waals surface area contributed by atoms with E-state index in [4.69, 9.17) is 4.74 Å². The van der Waals surface area contributed by atoms with Crippen molar-refractivity contribution in [2.75, 3.05) is 39.3 Å². The molecule has 1 aromatic rings. The molecular formula is C19H26N4O3.